The normalized spacial score (nSPS) is 14.4. The second-order valence-corrected chi connectivity index (χ2v) is 8.30. The zero-order chi connectivity index (χ0) is 15.7. The molecule has 3 heterocycles. The zero-order valence-corrected chi connectivity index (χ0v) is 15.0. The van der Waals surface area contributed by atoms with Crippen LogP contribution in [0.25, 0.3) is 10.2 Å². The smallest absolute Gasteiger partial charge is 0.127 e. The Morgan fingerprint density at radius 2 is 2.32 bits per heavy atom. The monoisotopic (exact) mass is 375 g/mol. The number of thiophene rings is 2. The van der Waals surface area contributed by atoms with Crippen LogP contribution in [0.4, 0.5) is 9.39 Å². The van der Waals surface area contributed by atoms with E-state index < -0.39 is 12.2 Å². The standard InChI is InChI=1S/C14H15ClFN3S3/c1-7(16)9(17)5-10-11(15)12-13(21-10)14(22-19-12)18-6-8-3-2-4-20-8/h2-4,7,9,18H,5-6,17H2,1H3/t7-,9+/m0/s1. The van der Waals surface area contributed by atoms with Crippen molar-refractivity contribution in [1.82, 2.24) is 4.37 Å². The first kappa shape index (κ1) is 16.1. The summed E-state index contributed by atoms with van der Waals surface area (Å²) in [5.74, 6) is 0. The van der Waals surface area contributed by atoms with E-state index in [1.54, 1.807) is 22.7 Å². The number of hydrogen-bond acceptors (Lipinski definition) is 6. The highest BCUT2D eigenvalue weighted by Gasteiger charge is 2.20. The number of rotatable bonds is 6. The van der Waals surface area contributed by atoms with Gasteiger partial charge in [-0.2, -0.15) is 4.37 Å². The lowest BCUT2D eigenvalue weighted by Crippen LogP contribution is -2.31. The highest BCUT2D eigenvalue weighted by molar-refractivity contribution is 7.25. The molecule has 0 amide bonds. The minimum Gasteiger partial charge on any atom is -0.370 e. The SMILES string of the molecule is C[C@H](F)[C@H](N)Cc1sc2c(NCc3cccs3)snc2c1Cl. The lowest BCUT2D eigenvalue weighted by molar-refractivity contribution is 0.305. The van der Waals surface area contributed by atoms with Gasteiger partial charge in [0.25, 0.3) is 0 Å². The number of alkyl halides is 1. The van der Waals surface area contributed by atoms with E-state index in [2.05, 4.69) is 21.1 Å². The van der Waals surface area contributed by atoms with Crippen LogP contribution in [0.1, 0.15) is 16.7 Å². The van der Waals surface area contributed by atoms with Crippen molar-refractivity contribution in [3.8, 4) is 0 Å². The van der Waals surface area contributed by atoms with Crippen molar-refractivity contribution < 1.29 is 4.39 Å². The van der Waals surface area contributed by atoms with Crippen LogP contribution >= 0.6 is 45.8 Å². The second kappa shape index (κ2) is 6.80. The summed E-state index contributed by atoms with van der Waals surface area (Å²) < 4.78 is 18.7. The topological polar surface area (TPSA) is 50.9 Å². The van der Waals surface area contributed by atoms with E-state index >= 15 is 0 Å². The maximum atomic E-state index is 13.3. The van der Waals surface area contributed by atoms with E-state index in [-0.39, 0.29) is 0 Å². The van der Waals surface area contributed by atoms with Crippen molar-refractivity contribution in [2.75, 3.05) is 5.32 Å². The van der Waals surface area contributed by atoms with Gasteiger partial charge in [0.2, 0.25) is 0 Å². The number of anilines is 1. The number of aromatic nitrogens is 1. The zero-order valence-electron chi connectivity index (χ0n) is 11.8. The highest BCUT2D eigenvalue weighted by Crippen LogP contribution is 2.42. The first-order valence-electron chi connectivity index (χ1n) is 6.78. The lowest BCUT2D eigenvalue weighted by atomic mass is 10.1. The molecule has 3 aromatic rings. The van der Waals surface area contributed by atoms with Crippen molar-refractivity contribution in [2.45, 2.75) is 32.1 Å². The van der Waals surface area contributed by atoms with E-state index in [4.69, 9.17) is 17.3 Å². The second-order valence-electron chi connectivity index (χ2n) is 5.01. The molecule has 0 unspecified atom stereocenters. The molecule has 0 fully saturated rings. The van der Waals surface area contributed by atoms with E-state index in [1.807, 2.05) is 6.07 Å². The largest absolute Gasteiger partial charge is 0.370 e. The van der Waals surface area contributed by atoms with Crippen molar-refractivity contribution in [3.63, 3.8) is 0 Å². The number of fused-ring (bicyclic) bond motifs is 1. The molecule has 3 aromatic heterocycles. The van der Waals surface area contributed by atoms with Crippen LogP contribution in [-0.2, 0) is 13.0 Å². The molecule has 0 aromatic carbocycles. The Balaban J connectivity index is 1.81. The van der Waals surface area contributed by atoms with Gasteiger partial charge >= 0.3 is 0 Å². The summed E-state index contributed by atoms with van der Waals surface area (Å²) in [7, 11) is 0. The first-order valence-corrected chi connectivity index (χ1v) is 9.63. The molecule has 0 aliphatic rings. The maximum Gasteiger partial charge on any atom is 0.127 e. The Labute approximate surface area is 145 Å². The van der Waals surface area contributed by atoms with Crippen molar-refractivity contribution in [2.24, 2.45) is 5.73 Å². The minimum atomic E-state index is -1.06. The third-order valence-corrected chi connectivity index (χ3v) is 6.89. The third kappa shape index (κ3) is 3.28. The molecule has 0 aliphatic heterocycles. The summed E-state index contributed by atoms with van der Waals surface area (Å²) >= 11 is 11.0. The van der Waals surface area contributed by atoms with Gasteiger partial charge in [-0.15, -0.1) is 22.7 Å². The third-order valence-electron chi connectivity index (χ3n) is 3.34. The van der Waals surface area contributed by atoms with Crippen LogP contribution in [0.15, 0.2) is 17.5 Å². The lowest BCUT2D eigenvalue weighted by Gasteiger charge is -2.11. The summed E-state index contributed by atoms with van der Waals surface area (Å²) in [6.07, 6.45) is -0.619. The molecule has 0 saturated carbocycles. The Morgan fingerprint density at radius 3 is 3.00 bits per heavy atom. The van der Waals surface area contributed by atoms with Gasteiger partial charge in [-0.1, -0.05) is 17.7 Å². The van der Waals surface area contributed by atoms with Crippen LogP contribution < -0.4 is 11.1 Å². The van der Waals surface area contributed by atoms with E-state index in [1.165, 1.54) is 23.3 Å². The first-order chi connectivity index (χ1) is 10.6. The Kier molecular flexibility index (Phi) is 4.99. The molecule has 118 valence electrons. The van der Waals surface area contributed by atoms with Gasteiger partial charge in [0, 0.05) is 22.2 Å². The number of nitrogens with zero attached hydrogens (tertiary/aromatic N) is 1. The Hall–Kier alpha value is -0.730. The molecule has 0 radical (unpaired) electrons. The molecule has 0 saturated heterocycles. The molecule has 0 bridgehead atoms. The molecule has 22 heavy (non-hydrogen) atoms. The molecule has 3 N–H and O–H groups in total. The highest BCUT2D eigenvalue weighted by atomic mass is 35.5. The van der Waals surface area contributed by atoms with E-state index in [0.717, 1.165) is 26.6 Å². The van der Waals surface area contributed by atoms with Crippen LogP contribution in [0.2, 0.25) is 5.02 Å². The van der Waals surface area contributed by atoms with Gasteiger partial charge in [-0.05, 0) is 29.9 Å². The van der Waals surface area contributed by atoms with Gasteiger partial charge in [-0.25, -0.2) is 4.39 Å². The predicted molar refractivity (Wildman–Crippen MR) is 96.4 cm³/mol. The predicted octanol–water partition coefficient (Wildman–Crippen LogP) is 4.91. The number of nitrogens with two attached hydrogens (primary N) is 1. The molecule has 3 nitrogen and oxygen atoms in total. The average Bonchev–Trinajstić information content (AvgIpc) is 3.17. The van der Waals surface area contributed by atoms with Crippen molar-refractivity contribution in [3.05, 3.63) is 32.3 Å². The maximum absolute atomic E-state index is 13.3. The minimum absolute atomic E-state index is 0.437. The van der Waals surface area contributed by atoms with Crippen molar-refractivity contribution >= 4 is 61.0 Å². The van der Waals surface area contributed by atoms with Crippen molar-refractivity contribution in [1.29, 1.82) is 0 Å². The quantitative estimate of drug-likeness (QED) is 0.643. The molecule has 0 spiro atoms. The fourth-order valence-corrected chi connectivity index (χ4v) is 5.19. The van der Waals surface area contributed by atoms with Gasteiger partial charge in [0.15, 0.2) is 0 Å². The summed E-state index contributed by atoms with van der Waals surface area (Å²) in [5.41, 5.74) is 6.60. The molecule has 3 rings (SSSR count). The van der Waals surface area contributed by atoms with Gasteiger partial charge in [0.05, 0.1) is 16.3 Å². The number of nitrogens with one attached hydrogen (secondary N) is 1. The van der Waals surface area contributed by atoms with Crippen LogP contribution in [0.3, 0.4) is 0 Å². The van der Waals surface area contributed by atoms with E-state index in [9.17, 15) is 4.39 Å². The Morgan fingerprint density at radius 1 is 1.50 bits per heavy atom. The molecule has 0 aliphatic carbocycles. The average molecular weight is 376 g/mol. The summed E-state index contributed by atoms with van der Waals surface area (Å²) in [4.78, 5) is 2.17. The molecular weight excluding hydrogens is 361 g/mol. The summed E-state index contributed by atoms with van der Waals surface area (Å²) in [6.45, 7) is 2.24. The Bertz CT molecular complexity index is 751. The van der Waals surface area contributed by atoms with E-state index in [0.29, 0.717) is 11.4 Å². The molecule has 8 heteroatoms. The molecule has 2 atom stereocenters. The fraction of sp³-hybridized carbons (Fsp3) is 0.357. The summed E-state index contributed by atoms with van der Waals surface area (Å²) in [5, 5.41) is 7.07. The molecular formula is C14H15ClFN3S3. The van der Waals surface area contributed by atoms with Crippen LogP contribution in [0, 0.1) is 0 Å². The number of hydrogen-bond donors (Lipinski definition) is 2. The number of halogens is 2. The van der Waals surface area contributed by atoms with Crippen LogP contribution in [0.5, 0.6) is 0 Å². The van der Waals surface area contributed by atoms with Crippen LogP contribution in [-0.4, -0.2) is 16.6 Å². The summed E-state index contributed by atoms with van der Waals surface area (Å²) in [6, 6.07) is 3.58. The van der Waals surface area contributed by atoms with Gasteiger partial charge in [0.1, 0.15) is 16.7 Å². The van der Waals surface area contributed by atoms with Gasteiger partial charge in [-0.3, -0.25) is 0 Å². The fourth-order valence-electron chi connectivity index (χ4n) is 2.02. The van der Waals surface area contributed by atoms with Gasteiger partial charge < -0.3 is 11.1 Å².